The summed E-state index contributed by atoms with van der Waals surface area (Å²) in [7, 11) is 1.76. The van der Waals surface area contributed by atoms with E-state index in [2.05, 4.69) is 5.10 Å². The molecule has 156 valence electrons. The van der Waals surface area contributed by atoms with Crippen molar-refractivity contribution in [3.05, 3.63) is 51.4 Å². The monoisotopic (exact) mass is 428 g/mol. The van der Waals surface area contributed by atoms with Gasteiger partial charge in [-0.1, -0.05) is 17.7 Å². The number of hydrogen-bond donors (Lipinski definition) is 0. The van der Waals surface area contributed by atoms with Crippen molar-refractivity contribution >= 4 is 23.2 Å². The standard InChI is InChI=1S/C19H20ClF3N4O2/c1-12(28)25(2)14-6-8-26(9-7-14)16-11-24-27(18(29)17(16)20)15-5-3-4-13(10-15)19(21,22)23/h3-5,10-11,14H,6-9H2,1-2H3. The summed E-state index contributed by atoms with van der Waals surface area (Å²) in [4.78, 5) is 27.8. The number of benzene rings is 1. The zero-order valence-corrected chi connectivity index (χ0v) is 16.7. The van der Waals surface area contributed by atoms with Gasteiger partial charge in [-0.25, -0.2) is 0 Å². The summed E-state index contributed by atoms with van der Waals surface area (Å²) >= 11 is 6.26. The van der Waals surface area contributed by atoms with Gasteiger partial charge in [-0.05, 0) is 31.0 Å². The highest BCUT2D eigenvalue weighted by molar-refractivity contribution is 6.33. The Bertz CT molecular complexity index is 969. The maximum atomic E-state index is 12.9. The molecular formula is C19H20ClF3N4O2. The van der Waals surface area contributed by atoms with Crippen molar-refractivity contribution in [3.63, 3.8) is 0 Å². The molecule has 0 atom stereocenters. The van der Waals surface area contributed by atoms with Crippen molar-refractivity contribution < 1.29 is 18.0 Å². The van der Waals surface area contributed by atoms with Crippen LogP contribution in [-0.4, -0.2) is 46.8 Å². The lowest BCUT2D eigenvalue weighted by Crippen LogP contribution is -2.45. The van der Waals surface area contributed by atoms with Crippen molar-refractivity contribution in [2.45, 2.75) is 32.0 Å². The molecule has 1 amide bonds. The molecule has 1 aromatic carbocycles. The number of halogens is 4. The first kappa shape index (κ1) is 21.2. The van der Waals surface area contributed by atoms with Crippen LogP contribution in [0.4, 0.5) is 18.9 Å². The van der Waals surface area contributed by atoms with Gasteiger partial charge in [0.25, 0.3) is 5.56 Å². The third-order valence-corrected chi connectivity index (χ3v) is 5.52. The van der Waals surface area contributed by atoms with Gasteiger partial charge in [0.2, 0.25) is 5.91 Å². The normalized spacial score (nSPS) is 15.4. The minimum absolute atomic E-state index is 0.00756. The number of nitrogens with zero attached hydrogens (tertiary/aromatic N) is 4. The fraction of sp³-hybridized carbons (Fsp3) is 0.421. The van der Waals surface area contributed by atoms with Gasteiger partial charge in [0, 0.05) is 33.1 Å². The Balaban J connectivity index is 1.85. The van der Waals surface area contributed by atoms with Crippen LogP contribution >= 0.6 is 11.6 Å². The highest BCUT2D eigenvalue weighted by atomic mass is 35.5. The van der Waals surface area contributed by atoms with E-state index in [4.69, 9.17) is 11.6 Å². The van der Waals surface area contributed by atoms with E-state index in [0.717, 1.165) is 16.8 Å². The van der Waals surface area contributed by atoms with Gasteiger partial charge in [0.1, 0.15) is 5.02 Å². The molecule has 2 heterocycles. The summed E-state index contributed by atoms with van der Waals surface area (Å²) in [6.45, 7) is 2.67. The molecule has 1 fully saturated rings. The lowest BCUT2D eigenvalue weighted by atomic mass is 10.0. The summed E-state index contributed by atoms with van der Waals surface area (Å²) < 4.78 is 39.7. The number of hydrogen-bond acceptors (Lipinski definition) is 4. The highest BCUT2D eigenvalue weighted by Gasteiger charge is 2.31. The van der Waals surface area contributed by atoms with E-state index in [1.807, 2.05) is 4.90 Å². The second kappa shape index (κ2) is 8.06. The lowest BCUT2D eigenvalue weighted by molar-refractivity contribution is -0.137. The van der Waals surface area contributed by atoms with Crippen LogP contribution in [0.25, 0.3) is 5.69 Å². The Hall–Kier alpha value is -2.55. The summed E-state index contributed by atoms with van der Waals surface area (Å²) in [6.07, 6.45) is -1.72. The highest BCUT2D eigenvalue weighted by Crippen LogP contribution is 2.30. The average molecular weight is 429 g/mol. The van der Waals surface area contributed by atoms with E-state index in [1.54, 1.807) is 11.9 Å². The van der Waals surface area contributed by atoms with E-state index >= 15 is 0 Å². The Morgan fingerprint density at radius 1 is 1.28 bits per heavy atom. The van der Waals surface area contributed by atoms with Gasteiger partial charge in [0.05, 0.1) is 23.1 Å². The second-order valence-corrected chi connectivity index (χ2v) is 7.33. The van der Waals surface area contributed by atoms with Gasteiger partial charge >= 0.3 is 6.18 Å². The predicted molar refractivity (Wildman–Crippen MR) is 104 cm³/mol. The number of rotatable bonds is 3. The Morgan fingerprint density at radius 3 is 2.52 bits per heavy atom. The molecule has 1 aliphatic rings. The van der Waals surface area contributed by atoms with E-state index in [0.29, 0.717) is 31.6 Å². The van der Waals surface area contributed by atoms with Crippen LogP contribution in [-0.2, 0) is 11.0 Å². The van der Waals surface area contributed by atoms with Crippen LogP contribution in [0.1, 0.15) is 25.3 Å². The first-order valence-electron chi connectivity index (χ1n) is 9.03. The van der Waals surface area contributed by atoms with Crippen LogP contribution < -0.4 is 10.5 Å². The van der Waals surface area contributed by atoms with E-state index in [-0.39, 0.29) is 22.7 Å². The summed E-state index contributed by atoms with van der Waals surface area (Å²) in [6, 6.07) is 4.47. The molecule has 0 saturated carbocycles. The van der Waals surface area contributed by atoms with Crippen molar-refractivity contribution in [2.24, 2.45) is 0 Å². The molecule has 0 aliphatic carbocycles. The van der Waals surface area contributed by atoms with Crippen LogP contribution in [0.15, 0.2) is 35.3 Å². The molecule has 1 aromatic heterocycles. The molecular weight excluding hydrogens is 409 g/mol. The van der Waals surface area contributed by atoms with Crippen molar-refractivity contribution in [1.29, 1.82) is 0 Å². The topological polar surface area (TPSA) is 58.4 Å². The van der Waals surface area contributed by atoms with Crippen molar-refractivity contribution in [2.75, 3.05) is 25.0 Å². The van der Waals surface area contributed by atoms with Crippen molar-refractivity contribution in [1.82, 2.24) is 14.7 Å². The maximum absolute atomic E-state index is 12.9. The third kappa shape index (κ3) is 4.39. The lowest BCUT2D eigenvalue weighted by Gasteiger charge is -2.37. The number of aromatic nitrogens is 2. The number of carbonyl (C=O) groups is 1. The summed E-state index contributed by atoms with van der Waals surface area (Å²) in [5.74, 6) is -0.00756. The first-order valence-corrected chi connectivity index (χ1v) is 9.41. The van der Waals surface area contributed by atoms with Crippen LogP contribution in [0.5, 0.6) is 0 Å². The average Bonchev–Trinajstić information content (AvgIpc) is 2.69. The molecule has 1 aliphatic heterocycles. The van der Waals surface area contributed by atoms with E-state index < -0.39 is 17.3 Å². The Kier molecular flexibility index (Phi) is 5.88. The van der Waals surface area contributed by atoms with E-state index in [1.165, 1.54) is 25.3 Å². The summed E-state index contributed by atoms with van der Waals surface area (Å²) in [5.41, 5.74) is -1.14. The summed E-state index contributed by atoms with van der Waals surface area (Å²) in [5, 5.41) is 3.94. The first-order chi connectivity index (χ1) is 13.6. The van der Waals surface area contributed by atoms with Gasteiger partial charge in [-0.3, -0.25) is 9.59 Å². The maximum Gasteiger partial charge on any atom is 0.416 e. The Labute approximate surface area is 170 Å². The second-order valence-electron chi connectivity index (χ2n) is 6.96. The molecule has 6 nitrogen and oxygen atoms in total. The van der Waals surface area contributed by atoms with Crippen LogP contribution in [0.3, 0.4) is 0 Å². The quantitative estimate of drug-likeness (QED) is 0.752. The zero-order valence-electron chi connectivity index (χ0n) is 15.9. The number of carbonyl (C=O) groups excluding carboxylic acids is 1. The van der Waals surface area contributed by atoms with Gasteiger partial charge in [-0.15, -0.1) is 0 Å². The molecule has 2 aromatic rings. The molecule has 10 heteroatoms. The van der Waals surface area contributed by atoms with Gasteiger partial charge in [0.15, 0.2) is 0 Å². The van der Waals surface area contributed by atoms with Crippen molar-refractivity contribution in [3.8, 4) is 5.69 Å². The minimum Gasteiger partial charge on any atom is -0.369 e. The third-order valence-electron chi connectivity index (χ3n) is 5.17. The fourth-order valence-electron chi connectivity index (χ4n) is 3.39. The molecule has 0 unspecified atom stereocenters. The SMILES string of the molecule is CC(=O)N(C)C1CCN(c2cnn(-c3cccc(C(F)(F)F)c3)c(=O)c2Cl)CC1. The van der Waals surface area contributed by atoms with Crippen LogP contribution in [0, 0.1) is 0 Å². The number of anilines is 1. The molecule has 0 spiro atoms. The van der Waals surface area contributed by atoms with E-state index in [9.17, 15) is 22.8 Å². The number of piperidine rings is 1. The van der Waals surface area contributed by atoms with Gasteiger partial charge < -0.3 is 9.80 Å². The van der Waals surface area contributed by atoms with Gasteiger partial charge in [-0.2, -0.15) is 23.0 Å². The largest absolute Gasteiger partial charge is 0.416 e. The zero-order chi connectivity index (χ0) is 21.3. The predicted octanol–water partition coefficient (Wildman–Crippen LogP) is 3.35. The number of alkyl halides is 3. The molecule has 3 rings (SSSR count). The number of amides is 1. The minimum atomic E-state index is -4.53. The fourth-order valence-corrected chi connectivity index (χ4v) is 3.64. The molecule has 0 bridgehead atoms. The molecule has 0 radical (unpaired) electrons. The Morgan fingerprint density at radius 2 is 1.93 bits per heavy atom. The smallest absolute Gasteiger partial charge is 0.369 e. The van der Waals surface area contributed by atoms with Crippen LogP contribution in [0.2, 0.25) is 5.02 Å². The molecule has 1 saturated heterocycles. The molecule has 0 N–H and O–H groups in total. The molecule has 29 heavy (non-hydrogen) atoms.